The maximum absolute atomic E-state index is 13.1. The van der Waals surface area contributed by atoms with Gasteiger partial charge in [-0.25, -0.2) is 15.0 Å². The third kappa shape index (κ3) is 5.73. The molecule has 0 radical (unpaired) electrons. The van der Waals surface area contributed by atoms with Crippen LogP contribution in [0.4, 0.5) is 13.2 Å². The van der Waals surface area contributed by atoms with Crippen LogP contribution in [0.15, 0.2) is 70.4 Å². The first-order chi connectivity index (χ1) is 17.6. The third-order valence-corrected chi connectivity index (χ3v) is 6.03. The molecule has 194 valence electrons. The molecule has 0 atom stereocenters. The number of halogens is 3. The predicted molar refractivity (Wildman–Crippen MR) is 137 cm³/mol. The van der Waals surface area contributed by atoms with Gasteiger partial charge >= 0.3 is 6.18 Å². The number of aryl methyl sites for hydroxylation is 1. The summed E-state index contributed by atoms with van der Waals surface area (Å²) >= 11 is 0. The van der Waals surface area contributed by atoms with Crippen molar-refractivity contribution < 1.29 is 17.9 Å². The van der Waals surface area contributed by atoms with E-state index in [0.717, 1.165) is 23.0 Å². The molecule has 1 aliphatic heterocycles. The monoisotopic (exact) mass is 510 g/mol. The van der Waals surface area contributed by atoms with Crippen LogP contribution >= 0.6 is 0 Å². The summed E-state index contributed by atoms with van der Waals surface area (Å²) in [5, 5.41) is 0. The van der Waals surface area contributed by atoms with E-state index in [1.165, 1.54) is 4.57 Å². The first kappa shape index (κ1) is 26.1. The zero-order valence-corrected chi connectivity index (χ0v) is 21.3. The Hall–Kier alpha value is -3.95. The summed E-state index contributed by atoms with van der Waals surface area (Å²) in [5.74, 6) is 2.22. The van der Waals surface area contributed by atoms with E-state index in [0.29, 0.717) is 42.7 Å². The molecule has 0 spiro atoms. The molecule has 0 saturated heterocycles. The fraction of sp³-hybridized carbons (Fsp3) is 0.333. The molecule has 1 aliphatic rings. The minimum Gasteiger partial charge on any atom is -0.493 e. The van der Waals surface area contributed by atoms with Crippen LogP contribution in [0.3, 0.4) is 0 Å². The maximum atomic E-state index is 13.1. The average Bonchev–Trinajstić information content (AvgIpc) is 3.26. The lowest BCUT2D eigenvalue weighted by Gasteiger charge is -2.31. The molecular formula is C27H29F3N6O. The molecule has 3 aromatic rings. The van der Waals surface area contributed by atoms with E-state index in [9.17, 15) is 13.2 Å². The molecule has 37 heavy (non-hydrogen) atoms. The van der Waals surface area contributed by atoms with Crippen LogP contribution in [0.2, 0.25) is 0 Å². The number of amidine groups is 1. The van der Waals surface area contributed by atoms with Gasteiger partial charge in [-0.2, -0.15) is 13.2 Å². The van der Waals surface area contributed by atoms with Gasteiger partial charge in [0.1, 0.15) is 18.2 Å². The van der Waals surface area contributed by atoms with E-state index in [2.05, 4.69) is 40.4 Å². The number of pyridine rings is 1. The number of aliphatic imine (C=N–C) groups is 2. The number of ether oxygens (including phenoxy) is 1. The summed E-state index contributed by atoms with van der Waals surface area (Å²) in [6.07, 6.45) is -1.75. The Kier molecular flexibility index (Phi) is 7.47. The molecule has 0 N–H and O–H groups in total. The van der Waals surface area contributed by atoms with E-state index in [-0.39, 0.29) is 11.7 Å². The molecule has 2 aromatic heterocycles. The molecule has 10 heteroatoms. The van der Waals surface area contributed by atoms with Crippen LogP contribution in [-0.2, 0) is 24.5 Å². The number of hydrogen-bond donors (Lipinski definition) is 0. The Morgan fingerprint density at radius 2 is 1.92 bits per heavy atom. The molecule has 4 rings (SSSR count). The van der Waals surface area contributed by atoms with Crippen molar-refractivity contribution >= 4 is 12.6 Å². The van der Waals surface area contributed by atoms with Gasteiger partial charge in [0.15, 0.2) is 17.4 Å². The minimum atomic E-state index is -4.49. The maximum Gasteiger partial charge on any atom is 0.434 e. The summed E-state index contributed by atoms with van der Waals surface area (Å²) < 4.78 is 46.3. The average molecular weight is 511 g/mol. The molecule has 0 aliphatic carbocycles. The summed E-state index contributed by atoms with van der Waals surface area (Å²) in [7, 11) is 1.55. The van der Waals surface area contributed by atoms with Crippen LogP contribution < -0.4 is 0 Å². The van der Waals surface area contributed by atoms with Crippen molar-refractivity contribution in [2.45, 2.75) is 39.4 Å². The number of aromatic nitrogens is 3. The van der Waals surface area contributed by atoms with Crippen LogP contribution in [0.5, 0.6) is 0 Å². The van der Waals surface area contributed by atoms with Crippen molar-refractivity contribution in [3.05, 3.63) is 82.9 Å². The van der Waals surface area contributed by atoms with Crippen molar-refractivity contribution in [2.75, 3.05) is 13.2 Å². The van der Waals surface area contributed by atoms with Crippen molar-refractivity contribution in [1.82, 2.24) is 19.4 Å². The van der Waals surface area contributed by atoms with E-state index >= 15 is 0 Å². The van der Waals surface area contributed by atoms with Gasteiger partial charge in [-0.1, -0.05) is 38.1 Å². The van der Waals surface area contributed by atoms with Crippen LogP contribution in [-0.4, -0.2) is 45.1 Å². The summed E-state index contributed by atoms with van der Waals surface area (Å²) in [6.45, 7) is 11.4. The normalized spacial score (nSPS) is 14.8. The fourth-order valence-corrected chi connectivity index (χ4v) is 4.20. The van der Waals surface area contributed by atoms with E-state index in [1.807, 2.05) is 31.2 Å². The number of hydrogen-bond acceptors (Lipinski definition) is 5. The first-order valence-electron chi connectivity index (χ1n) is 11.9. The standard InChI is InChI=1S/C27H29F3N6O/c1-17(2)23-21(7-6-12-32-23)24(31-4)34-25-18(3)37-14-13-36(25)15-19-8-10-20(11-9-19)26-33-22(16-35(26)5)27(28,29)30/h6-12,16-17H,4,13-15H2,1-3,5H3. The molecule has 0 fully saturated rings. The molecular weight excluding hydrogens is 481 g/mol. The Balaban J connectivity index is 1.60. The summed E-state index contributed by atoms with van der Waals surface area (Å²) in [5.41, 5.74) is 2.36. The Morgan fingerprint density at radius 1 is 1.19 bits per heavy atom. The number of imidazole rings is 1. The highest BCUT2D eigenvalue weighted by Gasteiger charge is 2.34. The van der Waals surface area contributed by atoms with Crippen molar-refractivity contribution in [2.24, 2.45) is 17.0 Å². The van der Waals surface area contributed by atoms with E-state index in [4.69, 9.17) is 9.73 Å². The molecule has 0 amide bonds. The highest BCUT2D eigenvalue weighted by Crippen LogP contribution is 2.31. The number of rotatable bonds is 6. The predicted octanol–water partition coefficient (Wildman–Crippen LogP) is 5.79. The first-order valence-corrected chi connectivity index (χ1v) is 11.9. The van der Waals surface area contributed by atoms with Gasteiger partial charge in [-0.05, 0) is 37.3 Å². The third-order valence-electron chi connectivity index (χ3n) is 6.03. The Morgan fingerprint density at radius 3 is 2.54 bits per heavy atom. The van der Waals surface area contributed by atoms with Crippen molar-refractivity contribution in [1.29, 1.82) is 0 Å². The molecule has 3 heterocycles. The lowest BCUT2D eigenvalue weighted by molar-refractivity contribution is -0.140. The molecule has 7 nitrogen and oxygen atoms in total. The zero-order valence-electron chi connectivity index (χ0n) is 21.3. The second-order valence-electron chi connectivity index (χ2n) is 9.09. The van der Waals surface area contributed by atoms with Crippen LogP contribution in [0.25, 0.3) is 11.4 Å². The molecule has 1 aromatic carbocycles. The van der Waals surface area contributed by atoms with Crippen molar-refractivity contribution in [3.8, 4) is 11.4 Å². The fourth-order valence-electron chi connectivity index (χ4n) is 4.20. The lowest BCUT2D eigenvalue weighted by atomic mass is 10.0. The SMILES string of the molecule is C=NC(=NC1=C(C)OCCN1Cc1ccc(-c2nc(C(F)(F)F)cn2C)cc1)c1cccnc1C(C)C. The highest BCUT2D eigenvalue weighted by molar-refractivity contribution is 6.02. The zero-order chi connectivity index (χ0) is 26.7. The molecule has 0 bridgehead atoms. The van der Waals surface area contributed by atoms with E-state index in [1.54, 1.807) is 25.4 Å². The van der Waals surface area contributed by atoms with E-state index < -0.39 is 11.9 Å². The number of nitrogens with zero attached hydrogens (tertiary/aromatic N) is 6. The quantitative estimate of drug-likeness (QED) is 0.311. The second-order valence-corrected chi connectivity index (χ2v) is 9.09. The largest absolute Gasteiger partial charge is 0.493 e. The van der Waals surface area contributed by atoms with Gasteiger partial charge in [-0.15, -0.1) is 0 Å². The van der Waals surface area contributed by atoms with Gasteiger partial charge in [0.05, 0.1) is 12.2 Å². The molecule has 0 saturated carbocycles. The van der Waals surface area contributed by atoms with Gasteiger partial charge in [-0.3, -0.25) is 4.98 Å². The number of benzene rings is 1. The minimum absolute atomic E-state index is 0.182. The van der Waals surface area contributed by atoms with Gasteiger partial charge < -0.3 is 14.2 Å². The highest BCUT2D eigenvalue weighted by atomic mass is 19.4. The van der Waals surface area contributed by atoms with Crippen molar-refractivity contribution in [3.63, 3.8) is 0 Å². The van der Waals surface area contributed by atoms with Crippen LogP contribution in [0, 0.1) is 0 Å². The van der Waals surface area contributed by atoms with Gasteiger partial charge in [0.2, 0.25) is 0 Å². The summed E-state index contributed by atoms with van der Waals surface area (Å²) in [6, 6.07) is 11.1. The Labute approximate surface area is 214 Å². The number of alkyl halides is 3. The Bertz CT molecular complexity index is 1340. The second kappa shape index (κ2) is 10.6. The van der Waals surface area contributed by atoms with Gasteiger partial charge in [0, 0.05) is 37.1 Å². The molecule has 0 unspecified atom stereocenters. The number of allylic oxidation sites excluding steroid dienone is 1. The lowest BCUT2D eigenvalue weighted by Crippen LogP contribution is -2.31. The topological polar surface area (TPSA) is 67.9 Å². The van der Waals surface area contributed by atoms with Gasteiger partial charge in [0.25, 0.3) is 0 Å². The van der Waals surface area contributed by atoms with Crippen LogP contribution in [0.1, 0.15) is 49.2 Å². The smallest absolute Gasteiger partial charge is 0.434 e. The summed E-state index contributed by atoms with van der Waals surface area (Å²) in [4.78, 5) is 19.4.